The van der Waals surface area contributed by atoms with E-state index in [9.17, 15) is 4.79 Å². The van der Waals surface area contributed by atoms with E-state index in [-0.39, 0.29) is 19.0 Å². The number of nitrogens with two attached hydrogens (primary N) is 1. The van der Waals surface area contributed by atoms with Gasteiger partial charge in [0.25, 0.3) is 0 Å². The zero-order valence-electron chi connectivity index (χ0n) is 22.0. The lowest BCUT2D eigenvalue weighted by molar-refractivity contribution is -0.142. The van der Waals surface area contributed by atoms with Gasteiger partial charge in [0.1, 0.15) is 23.8 Å². The number of hydrogen-bond donors (Lipinski definition) is 1. The molecule has 0 radical (unpaired) electrons. The summed E-state index contributed by atoms with van der Waals surface area (Å²) in [7, 11) is 1.64. The quantitative estimate of drug-likeness (QED) is 0.284. The second kappa shape index (κ2) is 11.6. The molecule has 2 aromatic heterocycles. The topological polar surface area (TPSA) is 101 Å². The summed E-state index contributed by atoms with van der Waals surface area (Å²) in [5, 5.41) is 6.09. The first-order chi connectivity index (χ1) is 18.6. The maximum Gasteiger partial charge on any atom is 0.310 e. The molecule has 1 aliphatic carbocycles. The fraction of sp³-hybridized carbons (Fsp3) is 0.367. The molecule has 8 heteroatoms. The minimum atomic E-state index is -0.271. The highest BCUT2D eigenvalue weighted by Gasteiger charge is 2.23. The summed E-state index contributed by atoms with van der Waals surface area (Å²) in [5.41, 5.74) is 11.3. The van der Waals surface area contributed by atoms with E-state index in [2.05, 4.69) is 27.9 Å². The van der Waals surface area contributed by atoms with Crippen LogP contribution in [0.4, 0.5) is 0 Å². The number of nitrogens with zero attached hydrogens (tertiary/aromatic N) is 3. The first kappa shape index (κ1) is 25.7. The molecular weight excluding hydrogens is 480 g/mol. The monoisotopic (exact) mass is 514 g/mol. The number of benzene rings is 2. The van der Waals surface area contributed by atoms with Crippen LogP contribution in [0.2, 0.25) is 0 Å². The highest BCUT2D eigenvalue weighted by Crippen LogP contribution is 2.37. The van der Waals surface area contributed by atoms with E-state index in [0.29, 0.717) is 36.4 Å². The number of rotatable bonds is 10. The number of methoxy groups -OCH3 is 1. The Kier molecular flexibility index (Phi) is 7.89. The molecule has 1 aliphatic rings. The Bertz CT molecular complexity index is 1430. The molecule has 2 N–H and O–H groups in total. The largest absolute Gasteiger partial charge is 0.494 e. The van der Waals surface area contributed by atoms with Crippen molar-refractivity contribution in [3.05, 3.63) is 71.7 Å². The number of aromatic nitrogens is 3. The Morgan fingerprint density at radius 3 is 2.68 bits per heavy atom. The van der Waals surface area contributed by atoms with Crippen LogP contribution in [0.5, 0.6) is 11.5 Å². The third-order valence-corrected chi connectivity index (χ3v) is 7.12. The SMILES string of the molecule is CCOC(=O)Cc1ccccc1OCc1nn(C2CCCC2)c2ccc(-c3ccnc(CN)c3OC)cc12. The second-order valence-electron chi connectivity index (χ2n) is 9.48. The van der Waals surface area contributed by atoms with Crippen molar-refractivity contribution in [3.63, 3.8) is 0 Å². The van der Waals surface area contributed by atoms with E-state index in [0.717, 1.165) is 46.1 Å². The predicted octanol–water partition coefficient (Wildman–Crippen LogP) is 5.37. The van der Waals surface area contributed by atoms with Crippen molar-refractivity contribution in [2.24, 2.45) is 5.73 Å². The van der Waals surface area contributed by atoms with Gasteiger partial charge >= 0.3 is 5.97 Å². The van der Waals surface area contributed by atoms with Crippen LogP contribution in [0, 0.1) is 0 Å². The lowest BCUT2D eigenvalue weighted by atomic mass is 10.0. The van der Waals surface area contributed by atoms with Gasteiger partial charge in [0.05, 0.1) is 37.4 Å². The van der Waals surface area contributed by atoms with Crippen molar-refractivity contribution in [1.82, 2.24) is 14.8 Å². The average molecular weight is 515 g/mol. The molecule has 38 heavy (non-hydrogen) atoms. The zero-order chi connectivity index (χ0) is 26.5. The fourth-order valence-electron chi connectivity index (χ4n) is 5.30. The van der Waals surface area contributed by atoms with E-state index in [1.165, 1.54) is 12.8 Å². The Balaban J connectivity index is 1.52. The van der Waals surface area contributed by atoms with Gasteiger partial charge in [0.15, 0.2) is 0 Å². The van der Waals surface area contributed by atoms with E-state index in [4.69, 9.17) is 25.0 Å². The van der Waals surface area contributed by atoms with Gasteiger partial charge in [0, 0.05) is 29.3 Å². The molecule has 0 saturated heterocycles. The lowest BCUT2D eigenvalue weighted by Crippen LogP contribution is -2.09. The van der Waals surface area contributed by atoms with Crippen LogP contribution in [0.15, 0.2) is 54.7 Å². The molecule has 0 atom stereocenters. The van der Waals surface area contributed by atoms with Crippen molar-refractivity contribution >= 4 is 16.9 Å². The maximum absolute atomic E-state index is 12.1. The summed E-state index contributed by atoms with van der Waals surface area (Å²) < 4.78 is 19.3. The molecule has 198 valence electrons. The fourth-order valence-corrected chi connectivity index (χ4v) is 5.30. The Morgan fingerprint density at radius 1 is 1.11 bits per heavy atom. The second-order valence-corrected chi connectivity index (χ2v) is 9.48. The number of hydrogen-bond acceptors (Lipinski definition) is 7. The molecule has 1 saturated carbocycles. The molecule has 2 aromatic carbocycles. The normalized spacial score (nSPS) is 13.7. The van der Waals surface area contributed by atoms with Crippen LogP contribution in [0.25, 0.3) is 22.0 Å². The van der Waals surface area contributed by atoms with Gasteiger partial charge in [-0.3, -0.25) is 14.5 Å². The Labute approximate surface area is 222 Å². The van der Waals surface area contributed by atoms with Crippen LogP contribution in [0.1, 0.15) is 55.6 Å². The number of fused-ring (bicyclic) bond motifs is 1. The number of esters is 1. The van der Waals surface area contributed by atoms with E-state index < -0.39 is 0 Å². The van der Waals surface area contributed by atoms with Gasteiger partial charge in [-0.05, 0) is 49.6 Å². The minimum Gasteiger partial charge on any atom is -0.494 e. The molecule has 0 amide bonds. The third-order valence-electron chi connectivity index (χ3n) is 7.12. The first-order valence-corrected chi connectivity index (χ1v) is 13.2. The van der Waals surface area contributed by atoms with Crippen LogP contribution < -0.4 is 15.2 Å². The van der Waals surface area contributed by atoms with Gasteiger partial charge in [-0.15, -0.1) is 0 Å². The molecule has 0 spiro atoms. The Morgan fingerprint density at radius 2 is 1.92 bits per heavy atom. The molecule has 0 unspecified atom stereocenters. The number of para-hydroxylation sites is 1. The molecule has 0 aliphatic heterocycles. The Hall–Kier alpha value is -3.91. The van der Waals surface area contributed by atoms with Gasteiger partial charge in [-0.2, -0.15) is 5.10 Å². The summed E-state index contributed by atoms with van der Waals surface area (Å²) >= 11 is 0. The van der Waals surface area contributed by atoms with E-state index in [1.54, 1.807) is 20.2 Å². The number of pyridine rings is 1. The number of carbonyl (C=O) groups is 1. The molecule has 8 nitrogen and oxygen atoms in total. The van der Waals surface area contributed by atoms with Crippen LogP contribution in [-0.4, -0.2) is 34.5 Å². The smallest absolute Gasteiger partial charge is 0.310 e. The highest BCUT2D eigenvalue weighted by molar-refractivity contribution is 5.88. The zero-order valence-corrected chi connectivity index (χ0v) is 22.0. The van der Waals surface area contributed by atoms with Crippen LogP contribution in [0.3, 0.4) is 0 Å². The molecule has 2 heterocycles. The molecule has 0 bridgehead atoms. The van der Waals surface area contributed by atoms with Gasteiger partial charge in [-0.1, -0.05) is 37.1 Å². The van der Waals surface area contributed by atoms with Crippen molar-refractivity contribution in [2.45, 2.75) is 58.2 Å². The van der Waals surface area contributed by atoms with E-state index in [1.807, 2.05) is 30.3 Å². The van der Waals surface area contributed by atoms with Crippen molar-refractivity contribution in [3.8, 4) is 22.6 Å². The third kappa shape index (κ3) is 5.22. The van der Waals surface area contributed by atoms with Crippen molar-refractivity contribution in [1.29, 1.82) is 0 Å². The standard InChI is InChI=1S/C30H34N4O4/c1-3-37-29(35)17-21-8-4-7-11-28(21)38-19-26-24-16-20(23-14-15-32-25(18-31)30(23)36-2)12-13-27(24)34(33-26)22-9-5-6-10-22/h4,7-8,11-16,22H,3,5-6,9-10,17-19,31H2,1-2H3. The van der Waals surface area contributed by atoms with Gasteiger partial charge in [-0.25, -0.2) is 0 Å². The van der Waals surface area contributed by atoms with Gasteiger partial charge < -0.3 is 19.9 Å². The summed E-state index contributed by atoms with van der Waals surface area (Å²) in [6.07, 6.45) is 6.60. The highest BCUT2D eigenvalue weighted by atomic mass is 16.5. The molecule has 4 aromatic rings. The number of ether oxygens (including phenoxy) is 3. The summed E-state index contributed by atoms with van der Waals surface area (Å²) in [5.74, 6) is 1.07. The summed E-state index contributed by atoms with van der Waals surface area (Å²) in [6.45, 7) is 2.73. The average Bonchev–Trinajstić information content (AvgIpc) is 3.60. The van der Waals surface area contributed by atoms with Gasteiger partial charge in [0.2, 0.25) is 0 Å². The summed E-state index contributed by atoms with van der Waals surface area (Å²) in [4.78, 5) is 16.5. The number of carbonyl (C=O) groups excluding carboxylic acids is 1. The molecule has 5 rings (SSSR count). The van der Waals surface area contributed by atoms with Crippen LogP contribution >= 0.6 is 0 Å². The van der Waals surface area contributed by atoms with Crippen molar-refractivity contribution in [2.75, 3.05) is 13.7 Å². The predicted molar refractivity (Wildman–Crippen MR) is 146 cm³/mol. The maximum atomic E-state index is 12.1. The van der Waals surface area contributed by atoms with Crippen LogP contribution in [-0.2, 0) is 29.1 Å². The molecular formula is C30H34N4O4. The lowest BCUT2D eigenvalue weighted by Gasteiger charge is -2.13. The van der Waals surface area contributed by atoms with E-state index >= 15 is 0 Å². The molecule has 1 fully saturated rings. The summed E-state index contributed by atoms with van der Waals surface area (Å²) in [6, 6.07) is 16.3. The minimum absolute atomic E-state index is 0.163. The van der Waals surface area contributed by atoms with Crippen molar-refractivity contribution < 1.29 is 19.0 Å². The first-order valence-electron chi connectivity index (χ1n) is 13.2.